The molecule has 0 radical (unpaired) electrons. The molecule has 0 aromatic heterocycles. The third kappa shape index (κ3) is 5.16. The van der Waals surface area contributed by atoms with Gasteiger partial charge >= 0.3 is 0 Å². The van der Waals surface area contributed by atoms with Crippen molar-refractivity contribution in [3.05, 3.63) is 72.0 Å². The fourth-order valence-corrected chi connectivity index (χ4v) is 2.81. The molecule has 3 aromatic rings. The second-order valence-corrected chi connectivity index (χ2v) is 6.22. The summed E-state index contributed by atoms with van der Waals surface area (Å²) in [7, 11) is 1.56. The van der Waals surface area contributed by atoms with Gasteiger partial charge in [0.2, 0.25) is 11.8 Å². The maximum atomic E-state index is 13.5. The lowest BCUT2D eigenvalue weighted by Crippen LogP contribution is -2.21. The van der Waals surface area contributed by atoms with E-state index in [0.717, 1.165) is 16.3 Å². The molecule has 0 aliphatic rings. The van der Waals surface area contributed by atoms with E-state index in [9.17, 15) is 14.0 Å². The van der Waals surface area contributed by atoms with Gasteiger partial charge in [0.1, 0.15) is 11.6 Å². The van der Waals surface area contributed by atoms with Crippen LogP contribution in [0.1, 0.15) is 18.4 Å². The highest BCUT2D eigenvalue weighted by Gasteiger charge is 2.10. The average Bonchev–Trinajstić information content (AvgIpc) is 2.74. The zero-order valence-corrected chi connectivity index (χ0v) is 15.8. The van der Waals surface area contributed by atoms with Crippen LogP contribution in [0.4, 0.5) is 10.1 Å². The number of ether oxygens (including phenoxy) is 1. The fraction of sp³-hybridized carbons (Fsp3) is 0.136. The molecule has 0 saturated heterocycles. The van der Waals surface area contributed by atoms with E-state index in [1.165, 1.54) is 24.4 Å². The first kappa shape index (κ1) is 20.0. The van der Waals surface area contributed by atoms with Gasteiger partial charge in [-0.15, -0.1) is 0 Å². The van der Waals surface area contributed by atoms with Crippen molar-refractivity contribution in [3.63, 3.8) is 0 Å². The quantitative estimate of drug-likeness (QED) is 0.473. The van der Waals surface area contributed by atoms with Crippen molar-refractivity contribution in [3.8, 4) is 5.75 Å². The molecule has 0 unspecified atom stereocenters. The number of hydrogen-bond donors (Lipinski definition) is 2. The number of carbonyl (C=O) groups excluding carboxylic acids is 2. The molecule has 0 atom stereocenters. The number of amides is 2. The third-order valence-electron chi connectivity index (χ3n) is 4.26. The molecule has 2 amide bonds. The molecule has 0 fully saturated rings. The SMILES string of the molecule is COc1ccc2ccccc2c1C=NNC(=O)CCC(=O)Nc1ccccc1F. The van der Waals surface area contributed by atoms with Gasteiger partial charge in [0, 0.05) is 18.4 Å². The highest BCUT2D eigenvalue weighted by atomic mass is 19.1. The summed E-state index contributed by atoms with van der Waals surface area (Å²) in [5, 5.41) is 8.37. The van der Waals surface area contributed by atoms with Crippen LogP contribution in [0.25, 0.3) is 10.8 Å². The minimum atomic E-state index is -0.529. The number of halogens is 1. The van der Waals surface area contributed by atoms with E-state index in [1.54, 1.807) is 13.2 Å². The normalized spacial score (nSPS) is 10.8. The molecule has 0 saturated carbocycles. The van der Waals surface area contributed by atoms with Crippen LogP contribution >= 0.6 is 0 Å². The minimum Gasteiger partial charge on any atom is -0.496 e. The Hall–Kier alpha value is -3.74. The first-order valence-corrected chi connectivity index (χ1v) is 9.00. The van der Waals surface area contributed by atoms with Crippen LogP contribution < -0.4 is 15.5 Å². The van der Waals surface area contributed by atoms with Crippen molar-refractivity contribution in [2.45, 2.75) is 12.8 Å². The largest absolute Gasteiger partial charge is 0.496 e. The molecule has 0 heterocycles. The fourth-order valence-electron chi connectivity index (χ4n) is 2.81. The molecular weight excluding hydrogens is 373 g/mol. The van der Waals surface area contributed by atoms with E-state index < -0.39 is 17.6 Å². The van der Waals surface area contributed by atoms with Crippen molar-refractivity contribution < 1.29 is 18.7 Å². The van der Waals surface area contributed by atoms with Crippen LogP contribution in [-0.4, -0.2) is 25.1 Å². The van der Waals surface area contributed by atoms with E-state index in [1.807, 2.05) is 36.4 Å². The van der Waals surface area contributed by atoms with E-state index in [-0.39, 0.29) is 18.5 Å². The summed E-state index contributed by atoms with van der Waals surface area (Å²) in [4.78, 5) is 23.8. The second-order valence-electron chi connectivity index (χ2n) is 6.22. The molecular formula is C22H20FN3O3. The van der Waals surface area contributed by atoms with Crippen LogP contribution in [0, 0.1) is 5.82 Å². The van der Waals surface area contributed by atoms with Crippen LogP contribution in [0.3, 0.4) is 0 Å². The van der Waals surface area contributed by atoms with E-state index in [2.05, 4.69) is 15.8 Å². The van der Waals surface area contributed by atoms with Gasteiger partial charge < -0.3 is 10.1 Å². The standard InChI is InChI=1S/C22H20FN3O3/c1-29-20-11-10-15-6-2-3-7-16(15)17(20)14-24-26-22(28)13-12-21(27)25-19-9-5-4-8-18(19)23/h2-11,14H,12-13H2,1H3,(H,25,27)(H,26,28). The monoisotopic (exact) mass is 393 g/mol. The lowest BCUT2D eigenvalue weighted by atomic mass is 10.0. The molecule has 3 rings (SSSR count). The molecule has 2 N–H and O–H groups in total. The third-order valence-corrected chi connectivity index (χ3v) is 4.26. The van der Waals surface area contributed by atoms with Gasteiger partial charge in [-0.3, -0.25) is 9.59 Å². The van der Waals surface area contributed by atoms with Gasteiger partial charge in [0.15, 0.2) is 0 Å². The molecule has 29 heavy (non-hydrogen) atoms. The Labute approximate surface area is 167 Å². The number of anilines is 1. The molecule has 0 aliphatic heterocycles. The van der Waals surface area contributed by atoms with E-state index >= 15 is 0 Å². The highest BCUT2D eigenvalue weighted by molar-refractivity contribution is 6.02. The molecule has 0 bridgehead atoms. The number of nitrogens with zero attached hydrogens (tertiary/aromatic N) is 1. The first-order valence-electron chi connectivity index (χ1n) is 9.00. The number of benzene rings is 3. The predicted molar refractivity (Wildman–Crippen MR) is 111 cm³/mol. The molecule has 7 heteroatoms. The molecule has 3 aromatic carbocycles. The summed E-state index contributed by atoms with van der Waals surface area (Å²) < 4.78 is 18.9. The van der Waals surface area contributed by atoms with Gasteiger partial charge in [0.25, 0.3) is 0 Å². The van der Waals surface area contributed by atoms with E-state index in [0.29, 0.717) is 5.75 Å². The Morgan fingerprint density at radius 3 is 2.52 bits per heavy atom. The smallest absolute Gasteiger partial charge is 0.240 e. The number of methoxy groups -OCH3 is 1. The van der Waals surface area contributed by atoms with Gasteiger partial charge in [-0.1, -0.05) is 42.5 Å². The Morgan fingerprint density at radius 1 is 1.00 bits per heavy atom. The number of hydrogen-bond acceptors (Lipinski definition) is 4. The molecule has 6 nitrogen and oxygen atoms in total. The van der Waals surface area contributed by atoms with Crippen LogP contribution in [-0.2, 0) is 9.59 Å². The first-order chi connectivity index (χ1) is 14.1. The number of fused-ring (bicyclic) bond motifs is 1. The second kappa shape index (κ2) is 9.45. The van der Waals surface area contributed by atoms with Gasteiger partial charge in [0.05, 0.1) is 19.0 Å². The van der Waals surface area contributed by atoms with Gasteiger partial charge in [-0.25, -0.2) is 9.82 Å². The summed E-state index contributed by atoms with van der Waals surface area (Å²) in [6.45, 7) is 0. The Bertz CT molecular complexity index is 1070. The minimum absolute atomic E-state index is 0.0791. The Balaban J connectivity index is 1.57. The van der Waals surface area contributed by atoms with Crippen LogP contribution in [0.5, 0.6) is 5.75 Å². The van der Waals surface area contributed by atoms with Gasteiger partial charge in [-0.2, -0.15) is 5.10 Å². The maximum absolute atomic E-state index is 13.5. The van der Waals surface area contributed by atoms with Crippen molar-refractivity contribution in [1.29, 1.82) is 0 Å². The lowest BCUT2D eigenvalue weighted by Gasteiger charge is -2.08. The molecule has 148 valence electrons. The molecule has 0 spiro atoms. The van der Waals surface area contributed by atoms with Crippen molar-refractivity contribution in [1.82, 2.24) is 5.43 Å². The van der Waals surface area contributed by atoms with Crippen molar-refractivity contribution >= 4 is 34.5 Å². The Kier molecular flexibility index (Phi) is 6.52. The number of carbonyl (C=O) groups is 2. The van der Waals surface area contributed by atoms with E-state index in [4.69, 9.17) is 4.74 Å². The van der Waals surface area contributed by atoms with Crippen LogP contribution in [0.15, 0.2) is 65.8 Å². The number of rotatable bonds is 7. The average molecular weight is 393 g/mol. The van der Waals surface area contributed by atoms with Gasteiger partial charge in [-0.05, 0) is 29.0 Å². The lowest BCUT2D eigenvalue weighted by molar-refractivity contribution is -0.124. The molecule has 0 aliphatic carbocycles. The van der Waals surface area contributed by atoms with Crippen molar-refractivity contribution in [2.75, 3.05) is 12.4 Å². The topological polar surface area (TPSA) is 79.8 Å². The summed E-state index contributed by atoms with van der Waals surface area (Å²) in [6.07, 6.45) is 1.34. The zero-order chi connectivity index (χ0) is 20.6. The summed E-state index contributed by atoms with van der Waals surface area (Å²) >= 11 is 0. The van der Waals surface area contributed by atoms with Crippen LogP contribution in [0.2, 0.25) is 0 Å². The summed E-state index contributed by atoms with van der Waals surface area (Å²) in [5.41, 5.74) is 3.22. The zero-order valence-electron chi connectivity index (χ0n) is 15.8. The highest BCUT2D eigenvalue weighted by Crippen LogP contribution is 2.26. The van der Waals surface area contributed by atoms with Crippen molar-refractivity contribution in [2.24, 2.45) is 5.10 Å². The summed E-state index contributed by atoms with van der Waals surface area (Å²) in [6, 6.07) is 17.4. The predicted octanol–water partition coefficient (Wildman–Crippen LogP) is 3.86. The number of nitrogens with one attached hydrogen (secondary N) is 2. The number of hydrazone groups is 1. The maximum Gasteiger partial charge on any atom is 0.240 e. The Morgan fingerprint density at radius 2 is 1.72 bits per heavy atom. The number of para-hydroxylation sites is 1. The summed E-state index contributed by atoms with van der Waals surface area (Å²) in [5.74, 6) is -0.779.